The van der Waals surface area contributed by atoms with Gasteiger partial charge in [-0.1, -0.05) is 57.2 Å². The van der Waals surface area contributed by atoms with E-state index in [2.05, 4.69) is 6.92 Å². The van der Waals surface area contributed by atoms with Crippen LogP contribution in [0.15, 0.2) is 24.3 Å². The summed E-state index contributed by atoms with van der Waals surface area (Å²) >= 11 is 0. The summed E-state index contributed by atoms with van der Waals surface area (Å²) in [4.78, 5) is 11.8. The number of hydrogen-bond donors (Lipinski definition) is 0. The summed E-state index contributed by atoms with van der Waals surface area (Å²) < 4.78 is 10.9. The molecule has 0 aromatic heterocycles. The van der Waals surface area contributed by atoms with Crippen molar-refractivity contribution in [2.24, 2.45) is 0 Å². The van der Waals surface area contributed by atoms with E-state index in [0.29, 0.717) is 6.61 Å². The van der Waals surface area contributed by atoms with Gasteiger partial charge < -0.3 is 9.47 Å². The van der Waals surface area contributed by atoms with Crippen molar-refractivity contribution in [2.45, 2.75) is 65.4 Å². The highest BCUT2D eigenvalue weighted by atomic mass is 16.6. The van der Waals surface area contributed by atoms with E-state index in [-0.39, 0.29) is 5.97 Å². The molecule has 3 nitrogen and oxygen atoms in total. The molecule has 1 atom stereocenters. The molecule has 21 heavy (non-hydrogen) atoms. The lowest BCUT2D eigenvalue weighted by Crippen LogP contribution is -2.26. The van der Waals surface area contributed by atoms with Gasteiger partial charge in [-0.25, -0.2) is 4.79 Å². The zero-order valence-corrected chi connectivity index (χ0v) is 13.6. The molecule has 0 radical (unpaired) electrons. The Kier molecular flexibility index (Phi) is 8.56. The van der Waals surface area contributed by atoms with Gasteiger partial charge >= 0.3 is 5.97 Å². The Bertz CT molecular complexity index is 415. The SMILES string of the molecule is CCCCCCCCOC(=O)C(C)Oc1ccccc1C. The Hall–Kier alpha value is -1.51. The van der Waals surface area contributed by atoms with Crippen molar-refractivity contribution >= 4 is 5.97 Å². The molecule has 0 fully saturated rings. The van der Waals surface area contributed by atoms with Crippen LogP contribution in [0.25, 0.3) is 0 Å². The highest BCUT2D eigenvalue weighted by Crippen LogP contribution is 2.18. The third-order valence-electron chi connectivity index (χ3n) is 3.47. The molecule has 0 saturated carbocycles. The molecule has 0 amide bonds. The zero-order chi connectivity index (χ0) is 15.5. The first-order valence-electron chi connectivity index (χ1n) is 8.04. The molecule has 1 aromatic rings. The lowest BCUT2D eigenvalue weighted by atomic mass is 10.1. The topological polar surface area (TPSA) is 35.5 Å². The minimum Gasteiger partial charge on any atom is -0.479 e. The Morgan fingerprint density at radius 3 is 2.48 bits per heavy atom. The molecule has 0 bridgehead atoms. The van der Waals surface area contributed by atoms with Crippen LogP contribution in [-0.4, -0.2) is 18.7 Å². The van der Waals surface area contributed by atoms with Crippen molar-refractivity contribution in [3.63, 3.8) is 0 Å². The third-order valence-corrected chi connectivity index (χ3v) is 3.47. The van der Waals surface area contributed by atoms with Crippen LogP contribution in [0, 0.1) is 6.92 Å². The summed E-state index contributed by atoms with van der Waals surface area (Å²) in [6, 6.07) is 7.68. The van der Waals surface area contributed by atoms with Crippen LogP contribution in [0.2, 0.25) is 0 Å². The first-order valence-corrected chi connectivity index (χ1v) is 8.04. The fourth-order valence-electron chi connectivity index (χ4n) is 2.10. The van der Waals surface area contributed by atoms with Gasteiger partial charge in [0.15, 0.2) is 6.10 Å². The number of rotatable bonds is 10. The summed E-state index contributed by atoms with van der Waals surface area (Å²) in [6.07, 6.45) is 6.54. The van der Waals surface area contributed by atoms with Crippen LogP contribution >= 0.6 is 0 Å². The van der Waals surface area contributed by atoms with Gasteiger partial charge in [0.05, 0.1) is 6.61 Å². The van der Waals surface area contributed by atoms with Crippen molar-refractivity contribution < 1.29 is 14.3 Å². The van der Waals surface area contributed by atoms with Crippen LogP contribution in [0.3, 0.4) is 0 Å². The van der Waals surface area contributed by atoms with Crippen molar-refractivity contribution in [1.29, 1.82) is 0 Å². The van der Waals surface area contributed by atoms with Crippen LogP contribution in [0.4, 0.5) is 0 Å². The van der Waals surface area contributed by atoms with Gasteiger partial charge in [0.2, 0.25) is 0 Å². The lowest BCUT2D eigenvalue weighted by Gasteiger charge is -2.15. The molecule has 0 N–H and O–H groups in total. The van der Waals surface area contributed by atoms with E-state index in [1.807, 2.05) is 31.2 Å². The van der Waals surface area contributed by atoms with Crippen LogP contribution in [0.1, 0.15) is 57.9 Å². The summed E-state index contributed by atoms with van der Waals surface area (Å²) in [5.74, 6) is 0.452. The van der Waals surface area contributed by atoms with Gasteiger partial charge in [0.1, 0.15) is 5.75 Å². The Balaban J connectivity index is 2.18. The third kappa shape index (κ3) is 7.16. The summed E-state index contributed by atoms with van der Waals surface area (Å²) in [5, 5.41) is 0. The Morgan fingerprint density at radius 2 is 1.76 bits per heavy atom. The average molecular weight is 292 g/mol. The van der Waals surface area contributed by atoms with E-state index in [1.54, 1.807) is 6.92 Å². The second-order valence-corrected chi connectivity index (χ2v) is 5.46. The number of carbonyl (C=O) groups excluding carboxylic acids is 1. The second kappa shape index (κ2) is 10.3. The average Bonchev–Trinajstić information content (AvgIpc) is 2.48. The summed E-state index contributed by atoms with van der Waals surface area (Å²) in [5.41, 5.74) is 1.02. The van der Waals surface area contributed by atoms with Crippen molar-refractivity contribution in [1.82, 2.24) is 0 Å². The fraction of sp³-hybridized carbons (Fsp3) is 0.611. The highest BCUT2D eigenvalue weighted by Gasteiger charge is 2.16. The zero-order valence-electron chi connectivity index (χ0n) is 13.6. The van der Waals surface area contributed by atoms with Gasteiger partial charge in [-0.05, 0) is 31.9 Å². The number of unbranched alkanes of at least 4 members (excludes halogenated alkanes) is 5. The molecule has 0 saturated heterocycles. The number of hydrogen-bond acceptors (Lipinski definition) is 3. The molecule has 0 heterocycles. The quantitative estimate of drug-likeness (QED) is 0.464. The normalized spacial score (nSPS) is 12.0. The molecule has 1 unspecified atom stereocenters. The van der Waals surface area contributed by atoms with E-state index in [4.69, 9.17) is 9.47 Å². The number of esters is 1. The number of para-hydroxylation sites is 1. The highest BCUT2D eigenvalue weighted by molar-refractivity contribution is 5.74. The number of carbonyl (C=O) groups is 1. The molecule has 0 aliphatic rings. The molecule has 118 valence electrons. The van der Waals surface area contributed by atoms with Crippen LogP contribution < -0.4 is 4.74 Å². The largest absolute Gasteiger partial charge is 0.479 e. The second-order valence-electron chi connectivity index (χ2n) is 5.46. The van der Waals surface area contributed by atoms with Crippen LogP contribution in [0.5, 0.6) is 5.75 Å². The van der Waals surface area contributed by atoms with Crippen LogP contribution in [-0.2, 0) is 9.53 Å². The molecule has 1 rings (SSSR count). The molecule has 1 aromatic carbocycles. The predicted octanol–water partition coefficient (Wildman–Crippen LogP) is 4.67. The van der Waals surface area contributed by atoms with Crippen molar-refractivity contribution in [2.75, 3.05) is 6.61 Å². The van der Waals surface area contributed by atoms with Gasteiger partial charge in [0, 0.05) is 0 Å². The molecule has 3 heteroatoms. The maximum atomic E-state index is 11.8. The smallest absolute Gasteiger partial charge is 0.347 e. The van der Waals surface area contributed by atoms with Gasteiger partial charge in [-0.15, -0.1) is 0 Å². The lowest BCUT2D eigenvalue weighted by molar-refractivity contribution is -0.151. The van der Waals surface area contributed by atoms with E-state index in [1.165, 1.54) is 25.7 Å². The van der Waals surface area contributed by atoms with Gasteiger partial charge in [-0.2, -0.15) is 0 Å². The fourth-order valence-corrected chi connectivity index (χ4v) is 2.10. The summed E-state index contributed by atoms with van der Waals surface area (Å²) in [7, 11) is 0. The Morgan fingerprint density at radius 1 is 1.10 bits per heavy atom. The standard InChI is InChI=1S/C18H28O3/c1-4-5-6-7-8-11-14-20-18(19)16(3)21-17-13-10-9-12-15(17)2/h9-10,12-13,16H,4-8,11,14H2,1-3H3. The summed E-state index contributed by atoms with van der Waals surface area (Å²) in [6.45, 7) is 6.39. The first-order chi connectivity index (χ1) is 10.1. The molecule has 0 aliphatic heterocycles. The minimum atomic E-state index is -0.564. The number of aryl methyl sites for hydroxylation is 1. The van der Waals surface area contributed by atoms with Crippen molar-refractivity contribution in [3.05, 3.63) is 29.8 Å². The van der Waals surface area contributed by atoms with E-state index >= 15 is 0 Å². The van der Waals surface area contributed by atoms with E-state index in [9.17, 15) is 4.79 Å². The molecular weight excluding hydrogens is 264 g/mol. The van der Waals surface area contributed by atoms with Gasteiger partial charge in [0.25, 0.3) is 0 Å². The molecule has 0 spiro atoms. The molecular formula is C18H28O3. The monoisotopic (exact) mass is 292 g/mol. The van der Waals surface area contributed by atoms with Gasteiger partial charge in [-0.3, -0.25) is 0 Å². The number of benzene rings is 1. The predicted molar refractivity (Wildman–Crippen MR) is 85.6 cm³/mol. The van der Waals surface area contributed by atoms with Crippen molar-refractivity contribution in [3.8, 4) is 5.75 Å². The maximum Gasteiger partial charge on any atom is 0.347 e. The molecule has 0 aliphatic carbocycles. The minimum absolute atomic E-state index is 0.285. The van der Waals surface area contributed by atoms with E-state index < -0.39 is 6.10 Å². The number of ether oxygens (including phenoxy) is 2. The first kappa shape index (κ1) is 17.5. The maximum absolute atomic E-state index is 11.8. The van der Waals surface area contributed by atoms with E-state index in [0.717, 1.165) is 24.2 Å². The Labute approximate surface area is 128 Å².